The molecule has 19 heavy (non-hydrogen) atoms. The van der Waals surface area contributed by atoms with Crippen molar-refractivity contribution in [2.24, 2.45) is 0 Å². The van der Waals surface area contributed by atoms with Crippen molar-refractivity contribution in [3.05, 3.63) is 54.9 Å². The fraction of sp³-hybridized carbons (Fsp3) is 0.0667. The molecule has 0 N–H and O–H groups in total. The van der Waals surface area contributed by atoms with Crippen molar-refractivity contribution in [1.29, 1.82) is 0 Å². The second-order valence-corrected chi connectivity index (χ2v) is 4.39. The van der Waals surface area contributed by atoms with Gasteiger partial charge in [0.2, 0.25) is 5.88 Å². The Morgan fingerprint density at radius 2 is 1.89 bits per heavy atom. The van der Waals surface area contributed by atoms with E-state index in [1.54, 1.807) is 6.20 Å². The summed E-state index contributed by atoms with van der Waals surface area (Å²) in [6.07, 6.45) is 3.62. The third-order valence-corrected chi connectivity index (χ3v) is 3.27. The zero-order valence-corrected chi connectivity index (χ0v) is 10.2. The SMILES string of the molecule is c1ccc(-c2cnc3n2COc2ncccc2-3)cc1. The van der Waals surface area contributed by atoms with E-state index in [-0.39, 0.29) is 0 Å². The number of imidazole rings is 1. The summed E-state index contributed by atoms with van der Waals surface area (Å²) in [6, 6.07) is 14.1. The van der Waals surface area contributed by atoms with Crippen molar-refractivity contribution in [3.63, 3.8) is 0 Å². The van der Waals surface area contributed by atoms with Crippen LogP contribution in [0.1, 0.15) is 0 Å². The molecule has 0 amide bonds. The summed E-state index contributed by atoms with van der Waals surface area (Å²) in [4.78, 5) is 8.74. The predicted octanol–water partition coefficient (Wildman–Crippen LogP) is 2.96. The maximum atomic E-state index is 5.68. The van der Waals surface area contributed by atoms with E-state index in [2.05, 4.69) is 26.7 Å². The molecule has 1 aliphatic rings. The Bertz CT molecular complexity index is 721. The van der Waals surface area contributed by atoms with Gasteiger partial charge in [0, 0.05) is 6.20 Å². The molecular weight excluding hydrogens is 238 g/mol. The number of rotatable bonds is 1. The topological polar surface area (TPSA) is 39.9 Å². The number of hydrogen-bond acceptors (Lipinski definition) is 3. The van der Waals surface area contributed by atoms with Gasteiger partial charge in [-0.15, -0.1) is 0 Å². The average molecular weight is 249 g/mol. The monoisotopic (exact) mass is 249 g/mol. The highest BCUT2D eigenvalue weighted by Crippen LogP contribution is 2.34. The van der Waals surface area contributed by atoms with Gasteiger partial charge in [0.1, 0.15) is 5.82 Å². The quantitative estimate of drug-likeness (QED) is 0.665. The highest BCUT2D eigenvalue weighted by atomic mass is 16.5. The standard InChI is InChI=1S/C15H11N3O/c1-2-5-11(6-3-1)13-9-17-14-12-7-4-8-16-15(12)19-10-18(13)14/h1-9H,10H2. The molecule has 3 aromatic rings. The molecular formula is C15H11N3O. The first kappa shape index (κ1) is 10.3. The normalized spacial score (nSPS) is 12.4. The molecule has 1 aromatic carbocycles. The first-order valence-electron chi connectivity index (χ1n) is 6.12. The number of aromatic nitrogens is 3. The third-order valence-electron chi connectivity index (χ3n) is 3.27. The van der Waals surface area contributed by atoms with Gasteiger partial charge in [0.05, 0.1) is 17.5 Å². The fourth-order valence-electron chi connectivity index (χ4n) is 2.36. The molecule has 0 bridgehead atoms. The summed E-state index contributed by atoms with van der Waals surface area (Å²) in [5, 5.41) is 0. The summed E-state index contributed by atoms with van der Waals surface area (Å²) in [6.45, 7) is 0.448. The van der Waals surface area contributed by atoms with Crippen molar-refractivity contribution in [3.8, 4) is 28.5 Å². The molecule has 1 aliphatic heterocycles. The maximum absolute atomic E-state index is 5.68. The molecule has 3 heterocycles. The molecule has 0 fully saturated rings. The molecule has 0 unspecified atom stereocenters. The van der Waals surface area contributed by atoms with Crippen LogP contribution in [0.15, 0.2) is 54.9 Å². The molecule has 0 spiro atoms. The van der Waals surface area contributed by atoms with Gasteiger partial charge in [-0.25, -0.2) is 9.97 Å². The van der Waals surface area contributed by atoms with E-state index in [9.17, 15) is 0 Å². The Hall–Kier alpha value is -2.62. The van der Waals surface area contributed by atoms with Crippen LogP contribution in [0, 0.1) is 0 Å². The first-order valence-corrected chi connectivity index (χ1v) is 6.12. The summed E-state index contributed by atoms with van der Waals surface area (Å²) < 4.78 is 7.75. The number of hydrogen-bond donors (Lipinski definition) is 0. The minimum absolute atomic E-state index is 0.448. The van der Waals surface area contributed by atoms with E-state index in [0.717, 1.165) is 22.6 Å². The second kappa shape index (κ2) is 3.95. The first-order chi connectivity index (χ1) is 9.43. The zero-order chi connectivity index (χ0) is 12.7. The largest absolute Gasteiger partial charge is 0.455 e. The van der Waals surface area contributed by atoms with E-state index in [1.807, 2.05) is 36.5 Å². The van der Waals surface area contributed by atoms with E-state index in [0.29, 0.717) is 12.6 Å². The van der Waals surface area contributed by atoms with Gasteiger partial charge in [-0.3, -0.25) is 4.57 Å². The minimum Gasteiger partial charge on any atom is -0.455 e. The predicted molar refractivity (Wildman–Crippen MR) is 71.5 cm³/mol. The lowest BCUT2D eigenvalue weighted by atomic mass is 10.1. The van der Waals surface area contributed by atoms with Crippen LogP contribution in [0.4, 0.5) is 0 Å². The van der Waals surface area contributed by atoms with Crippen LogP contribution in [0.2, 0.25) is 0 Å². The molecule has 0 saturated heterocycles. The molecule has 4 heteroatoms. The number of benzene rings is 1. The molecule has 0 saturated carbocycles. The maximum Gasteiger partial charge on any atom is 0.226 e. The number of pyridine rings is 1. The molecule has 0 atom stereocenters. The second-order valence-electron chi connectivity index (χ2n) is 4.39. The van der Waals surface area contributed by atoms with Gasteiger partial charge in [-0.1, -0.05) is 30.3 Å². The van der Waals surface area contributed by atoms with Crippen molar-refractivity contribution in [1.82, 2.24) is 14.5 Å². The molecule has 2 aromatic heterocycles. The Morgan fingerprint density at radius 1 is 1.00 bits per heavy atom. The number of fused-ring (bicyclic) bond motifs is 3. The van der Waals surface area contributed by atoms with Gasteiger partial charge in [-0.2, -0.15) is 0 Å². The van der Waals surface area contributed by atoms with E-state index < -0.39 is 0 Å². The van der Waals surface area contributed by atoms with Gasteiger partial charge in [0.25, 0.3) is 0 Å². The summed E-state index contributed by atoms with van der Waals surface area (Å²) in [7, 11) is 0. The average Bonchev–Trinajstić information content (AvgIpc) is 2.92. The van der Waals surface area contributed by atoms with Crippen LogP contribution in [-0.2, 0) is 6.73 Å². The van der Waals surface area contributed by atoms with Gasteiger partial charge in [0.15, 0.2) is 6.73 Å². The van der Waals surface area contributed by atoms with E-state index in [4.69, 9.17) is 4.74 Å². The van der Waals surface area contributed by atoms with Crippen molar-refractivity contribution in [2.45, 2.75) is 6.73 Å². The smallest absolute Gasteiger partial charge is 0.226 e. The molecule has 4 nitrogen and oxygen atoms in total. The van der Waals surface area contributed by atoms with Gasteiger partial charge < -0.3 is 4.74 Å². The van der Waals surface area contributed by atoms with Crippen LogP contribution in [0.25, 0.3) is 22.6 Å². The fourth-order valence-corrected chi connectivity index (χ4v) is 2.36. The minimum atomic E-state index is 0.448. The summed E-state index contributed by atoms with van der Waals surface area (Å²) >= 11 is 0. The van der Waals surface area contributed by atoms with Gasteiger partial charge in [-0.05, 0) is 17.7 Å². The molecule has 0 aliphatic carbocycles. The Balaban J connectivity index is 1.91. The molecule has 4 rings (SSSR count). The lowest BCUT2D eigenvalue weighted by Crippen LogP contribution is -2.14. The number of ether oxygens (including phenoxy) is 1. The van der Waals surface area contributed by atoms with Crippen LogP contribution < -0.4 is 4.74 Å². The van der Waals surface area contributed by atoms with Gasteiger partial charge >= 0.3 is 0 Å². The van der Waals surface area contributed by atoms with Crippen LogP contribution in [0.5, 0.6) is 5.88 Å². The van der Waals surface area contributed by atoms with Crippen molar-refractivity contribution < 1.29 is 4.74 Å². The summed E-state index contributed by atoms with van der Waals surface area (Å²) in [5.41, 5.74) is 3.14. The molecule has 92 valence electrons. The van der Waals surface area contributed by atoms with E-state index in [1.165, 1.54) is 0 Å². The zero-order valence-electron chi connectivity index (χ0n) is 10.2. The molecule has 0 radical (unpaired) electrons. The van der Waals surface area contributed by atoms with Crippen LogP contribution in [0.3, 0.4) is 0 Å². The lowest BCUT2D eigenvalue weighted by molar-refractivity contribution is 0.222. The van der Waals surface area contributed by atoms with Crippen LogP contribution in [-0.4, -0.2) is 14.5 Å². The van der Waals surface area contributed by atoms with Crippen molar-refractivity contribution >= 4 is 0 Å². The summed E-state index contributed by atoms with van der Waals surface area (Å²) in [5.74, 6) is 1.56. The number of nitrogens with zero attached hydrogens (tertiary/aromatic N) is 3. The Morgan fingerprint density at radius 3 is 2.79 bits per heavy atom. The highest BCUT2D eigenvalue weighted by Gasteiger charge is 2.21. The lowest BCUT2D eigenvalue weighted by Gasteiger charge is -2.19. The van der Waals surface area contributed by atoms with E-state index >= 15 is 0 Å². The van der Waals surface area contributed by atoms with Crippen molar-refractivity contribution in [2.75, 3.05) is 0 Å². The third kappa shape index (κ3) is 1.53. The Labute approximate surface area is 110 Å². The Kier molecular flexibility index (Phi) is 2.14. The highest BCUT2D eigenvalue weighted by molar-refractivity contribution is 5.69. The van der Waals surface area contributed by atoms with Crippen LogP contribution >= 0.6 is 0 Å².